The van der Waals surface area contributed by atoms with Gasteiger partial charge in [0.2, 0.25) is 5.91 Å². The van der Waals surface area contributed by atoms with E-state index in [1.54, 1.807) is 4.90 Å². The van der Waals surface area contributed by atoms with Crippen LogP contribution in [0.25, 0.3) is 0 Å². The van der Waals surface area contributed by atoms with E-state index in [2.05, 4.69) is 12.6 Å². The zero-order valence-corrected chi connectivity index (χ0v) is 12.2. The van der Waals surface area contributed by atoms with Gasteiger partial charge in [-0.15, -0.1) is 0 Å². The molecule has 1 saturated heterocycles. The number of carbonyl (C=O) groups is 1. The quantitative estimate of drug-likeness (QED) is 0.748. The van der Waals surface area contributed by atoms with Crippen molar-refractivity contribution in [2.24, 2.45) is 17.1 Å². The summed E-state index contributed by atoms with van der Waals surface area (Å²) >= 11 is 0. The predicted octanol–water partition coefficient (Wildman–Crippen LogP) is 1.70. The maximum absolute atomic E-state index is 12.7. The van der Waals surface area contributed by atoms with Gasteiger partial charge in [0.05, 0.1) is 17.9 Å². The van der Waals surface area contributed by atoms with Gasteiger partial charge in [-0.3, -0.25) is 4.79 Å². The zero-order valence-electron chi connectivity index (χ0n) is 12.2. The molecule has 2 rings (SSSR count). The molecule has 1 aliphatic heterocycles. The van der Waals surface area contributed by atoms with Crippen molar-refractivity contribution in [1.82, 2.24) is 4.90 Å². The minimum atomic E-state index is -0.716. The fourth-order valence-corrected chi connectivity index (χ4v) is 3.27. The third kappa shape index (κ3) is 2.40. The van der Waals surface area contributed by atoms with Gasteiger partial charge in [0.15, 0.2) is 0 Å². The first-order valence-electron chi connectivity index (χ1n) is 7.18. The average Bonchev–Trinajstić information content (AvgIpc) is 3.07. The van der Waals surface area contributed by atoms with E-state index in [1.807, 2.05) is 13.8 Å². The number of amides is 1. The van der Waals surface area contributed by atoms with Gasteiger partial charge in [-0.1, -0.05) is 20.4 Å². The number of carbonyl (C=O) groups excluding carboxylic acids is 1. The van der Waals surface area contributed by atoms with E-state index < -0.39 is 11.5 Å². The number of fused-ring (bicyclic) bond motifs is 1. The molecule has 1 amide bonds. The Hall–Kier alpha value is -1.54. The van der Waals surface area contributed by atoms with E-state index in [-0.39, 0.29) is 23.8 Å². The van der Waals surface area contributed by atoms with Crippen LogP contribution in [0.15, 0.2) is 12.3 Å². The molecule has 1 heterocycles. The smallest absolute Gasteiger partial charge is 0.241 e. The van der Waals surface area contributed by atoms with Gasteiger partial charge in [0.25, 0.3) is 0 Å². The average molecular weight is 277 g/mol. The highest BCUT2D eigenvalue weighted by Crippen LogP contribution is 2.48. The Labute approximate surface area is 120 Å². The first kappa shape index (κ1) is 14.9. The molecular weight excluding hydrogens is 254 g/mol. The van der Waals surface area contributed by atoms with Crippen LogP contribution in [0.2, 0.25) is 0 Å². The number of hydrogen-bond donors (Lipinski definition) is 2. The van der Waals surface area contributed by atoms with Crippen molar-refractivity contribution >= 4 is 5.91 Å². The molecule has 0 aromatic heterocycles. The molecule has 1 unspecified atom stereocenters. The molecule has 110 valence electrons. The van der Waals surface area contributed by atoms with Crippen molar-refractivity contribution in [3.8, 4) is 6.07 Å². The molecule has 5 atom stereocenters. The molecule has 1 aliphatic carbocycles. The summed E-state index contributed by atoms with van der Waals surface area (Å²) in [6, 6.07) is 1.36. The van der Waals surface area contributed by atoms with E-state index >= 15 is 0 Å². The second-order valence-corrected chi connectivity index (χ2v) is 6.42. The Morgan fingerprint density at radius 2 is 2.30 bits per heavy atom. The lowest BCUT2D eigenvalue weighted by Crippen LogP contribution is -2.54. The number of aliphatic hydroxyl groups excluding tert-OH is 1. The molecule has 0 spiro atoms. The summed E-state index contributed by atoms with van der Waals surface area (Å²) in [6.07, 6.45) is 2.73. The summed E-state index contributed by atoms with van der Waals surface area (Å²) in [6.45, 7) is 7.34. The molecule has 1 saturated carbocycles. The van der Waals surface area contributed by atoms with Crippen LogP contribution in [0.3, 0.4) is 0 Å². The first-order valence-corrected chi connectivity index (χ1v) is 7.18. The van der Waals surface area contributed by atoms with Crippen molar-refractivity contribution < 1.29 is 9.90 Å². The molecule has 0 aromatic rings. The molecule has 5 nitrogen and oxygen atoms in total. The van der Waals surface area contributed by atoms with E-state index in [4.69, 9.17) is 5.73 Å². The summed E-state index contributed by atoms with van der Waals surface area (Å²) in [4.78, 5) is 14.4. The summed E-state index contributed by atoms with van der Waals surface area (Å²) < 4.78 is 0. The lowest BCUT2D eigenvalue weighted by Gasteiger charge is -2.36. The number of rotatable bonds is 5. The fraction of sp³-hybridized carbons (Fsp3) is 0.733. The number of likely N-dealkylation sites (tertiary alicyclic amines) is 1. The summed E-state index contributed by atoms with van der Waals surface area (Å²) in [5.74, 6) is 0.365. The number of nitriles is 1. The van der Waals surface area contributed by atoms with E-state index in [9.17, 15) is 15.2 Å². The van der Waals surface area contributed by atoms with Crippen LogP contribution in [0.1, 0.15) is 39.5 Å². The van der Waals surface area contributed by atoms with Crippen molar-refractivity contribution in [1.29, 1.82) is 5.26 Å². The Balaban J connectivity index is 2.15. The van der Waals surface area contributed by atoms with Crippen LogP contribution in [0.4, 0.5) is 0 Å². The second kappa shape index (κ2) is 5.10. The number of nitrogens with zero attached hydrogens (tertiary/aromatic N) is 2. The Bertz CT molecular complexity index is 470. The summed E-state index contributed by atoms with van der Waals surface area (Å²) in [7, 11) is 0. The van der Waals surface area contributed by atoms with Crippen molar-refractivity contribution in [3.63, 3.8) is 0 Å². The Morgan fingerprint density at radius 1 is 1.65 bits per heavy atom. The van der Waals surface area contributed by atoms with Gasteiger partial charge in [-0.25, -0.2) is 0 Å². The van der Waals surface area contributed by atoms with Gasteiger partial charge in [-0.2, -0.15) is 5.26 Å². The molecule has 3 N–H and O–H groups in total. The van der Waals surface area contributed by atoms with Crippen LogP contribution in [-0.2, 0) is 4.79 Å². The SMILES string of the molecule is C=C(O)CC(C)(CC)[C@H](N)C(=O)N1[C@H](C#N)C[C@@H]2C[C@@H]21. The molecule has 0 aromatic carbocycles. The Morgan fingerprint density at radius 3 is 2.80 bits per heavy atom. The largest absolute Gasteiger partial charge is 0.513 e. The lowest BCUT2D eigenvalue weighted by molar-refractivity contribution is -0.136. The van der Waals surface area contributed by atoms with Gasteiger partial charge < -0.3 is 15.7 Å². The predicted molar refractivity (Wildman–Crippen MR) is 75.5 cm³/mol. The third-order valence-electron chi connectivity index (χ3n) is 4.94. The third-order valence-corrected chi connectivity index (χ3v) is 4.94. The monoisotopic (exact) mass is 277 g/mol. The van der Waals surface area contributed by atoms with Gasteiger partial charge in [0, 0.05) is 12.5 Å². The van der Waals surface area contributed by atoms with Crippen LogP contribution < -0.4 is 5.73 Å². The number of piperidine rings is 1. The normalized spacial score (nSPS) is 31.9. The van der Waals surface area contributed by atoms with E-state index in [1.165, 1.54) is 0 Å². The molecular formula is C15H23N3O2. The summed E-state index contributed by atoms with van der Waals surface area (Å²) in [5.41, 5.74) is 5.65. The second-order valence-electron chi connectivity index (χ2n) is 6.42. The standard InChI is InChI=1S/C15H23N3O2/c1-4-15(3,7-9(2)19)13(17)14(20)18-11(8-16)5-10-6-12(10)18/h10-13,19H,2,4-7,17H2,1,3H3/t10-,11+,12+,13-,15?/m1/s1. The van der Waals surface area contributed by atoms with Crippen molar-refractivity contribution in [2.75, 3.05) is 0 Å². The van der Waals surface area contributed by atoms with Gasteiger partial charge in [-0.05, 0) is 30.6 Å². The van der Waals surface area contributed by atoms with Crippen LogP contribution in [-0.4, -0.2) is 34.0 Å². The van der Waals surface area contributed by atoms with Crippen LogP contribution in [0, 0.1) is 22.7 Å². The molecule has 0 bridgehead atoms. The summed E-state index contributed by atoms with van der Waals surface area (Å²) in [5, 5.41) is 18.6. The first-order chi connectivity index (χ1) is 9.34. The lowest BCUT2D eigenvalue weighted by atomic mass is 9.76. The highest BCUT2D eigenvalue weighted by molar-refractivity contribution is 5.84. The van der Waals surface area contributed by atoms with E-state index in [0.717, 1.165) is 12.8 Å². The van der Waals surface area contributed by atoms with Gasteiger partial charge in [0.1, 0.15) is 6.04 Å². The van der Waals surface area contributed by atoms with Crippen LogP contribution in [0.5, 0.6) is 0 Å². The molecule has 2 fully saturated rings. The topological polar surface area (TPSA) is 90.3 Å². The van der Waals surface area contributed by atoms with E-state index in [0.29, 0.717) is 18.8 Å². The maximum Gasteiger partial charge on any atom is 0.241 e. The minimum absolute atomic E-state index is 0.0418. The van der Waals surface area contributed by atoms with Gasteiger partial charge >= 0.3 is 0 Å². The molecule has 5 heteroatoms. The maximum atomic E-state index is 12.7. The highest BCUT2D eigenvalue weighted by Gasteiger charge is 2.55. The Kier molecular flexibility index (Phi) is 3.79. The number of nitrogens with two attached hydrogens (primary N) is 1. The highest BCUT2D eigenvalue weighted by atomic mass is 16.3. The molecule has 2 aliphatic rings. The molecule has 20 heavy (non-hydrogen) atoms. The fourth-order valence-electron chi connectivity index (χ4n) is 3.27. The molecule has 0 radical (unpaired) electrons. The zero-order chi connectivity index (χ0) is 15.1. The van der Waals surface area contributed by atoms with Crippen LogP contribution >= 0.6 is 0 Å². The van der Waals surface area contributed by atoms with Crippen molar-refractivity contribution in [3.05, 3.63) is 12.3 Å². The number of hydrogen-bond acceptors (Lipinski definition) is 4. The number of aliphatic hydroxyl groups is 1. The minimum Gasteiger partial charge on any atom is -0.513 e. The van der Waals surface area contributed by atoms with Crippen molar-refractivity contribution in [2.45, 2.75) is 57.7 Å². The number of allylic oxidation sites excluding steroid dienone is 1.